The maximum absolute atomic E-state index is 13.2. The maximum Gasteiger partial charge on any atom is 0.330 e. The molecule has 0 spiro atoms. The lowest BCUT2D eigenvalue weighted by molar-refractivity contribution is -0.133. The summed E-state index contributed by atoms with van der Waals surface area (Å²) < 4.78 is 29.5. The van der Waals surface area contributed by atoms with Gasteiger partial charge in [-0.3, -0.25) is 14.0 Å². The van der Waals surface area contributed by atoms with E-state index < -0.39 is 5.92 Å². The zero-order valence-corrected chi connectivity index (χ0v) is 18.1. The first kappa shape index (κ1) is 21.2. The number of alkyl halides is 2. The summed E-state index contributed by atoms with van der Waals surface area (Å²) in [5.74, 6) is -2.62. The van der Waals surface area contributed by atoms with Gasteiger partial charge in [0, 0.05) is 25.7 Å². The molecule has 0 radical (unpaired) electrons. The lowest BCUT2D eigenvalue weighted by Gasteiger charge is -2.38. The zero-order chi connectivity index (χ0) is 22.6. The van der Waals surface area contributed by atoms with Crippen molar-refractivity contribution in [1.82, 2.24) is 19.0 Å². The number of hydrogen-bond acceptors (Lipinski definition) is 4. The predicted molar refractivity (Wildman–Crippen MR) is 115 cm³/mol. The number of hydrogen-bond donors (Lipinski definition) is 0. The Morgan fingerprint density at radius 2 is 1.90 bits per heavy atom. The summed E-state index contributed by atoms with van der Waals surface area (Å²) >= 11 is 0. The van der Waals surface area contributed by atoms with Gasteiger partial charge in [-0.15, -0.1) is 0 Å². The number of imidazole rings is 1. The van der Waals surface area contributed by atoms with E-state index in [9.17, 15) is 18.8 Å². The monoisotopic (exact) mass is 425 g/mol. The van der Waals surface area contributed by atoms with Crippen molar-refractivity contribution in [3.05, 3.63) is 51.9 Å². The van der Waals surface area contributed by atoms with Crippen molar-refractivity contribution < 1.29 is 8.78 Å². The minimum Gasteiger partial charge on any atom is -0.290 e. The fourth-order valence-electron chi connectivity index (χ4n) is 4.03. The highest BCUT2D eigenvalue weighted by atomic mass is 19.3. The van der Waals surface area contributed by atoms with Gasteiger partial charge in [-0.1, -0.05) is 26.8 Å². The van der Waals surface area contributed by atoms with Gasteiger partial charge in [0.15, 0.2) is 5.65 Å². The molecule has 0 atom stereocenters. The summed E-state index contributed by atoms with van der Waals surface area (Å²) in [4.78, 5) is 19.1. The number of aryl methyl sites for hydroxylation is 1. The summed E-state index contributed by atoms with van der Waals surface area (Å²) in [7, 11) is 1.69. The highest BCUT2D eigenvalue weighted by Gasteiger charge is 2.43. The number of nitriles is 1. The van der Waals surface area contributed by atoms with E-state index in [0.717, 1.165) is 11.1 Å². The Morgan fingerprint density at radius 1 is 1.19 bits per heavy atom. The summed E-state index contributed by atoms with van der Waals surface area (Å²) in [6.07, 6.45) is 0. The molecular weight excluding hydrogens is 400 g/mol. The molecular formula is C23H25F2N5O. The molecule has 1 saturated heterocycles. The van der Waals surface area contributed by atoms with Crippen LogP contribution in [0.25, 0.3) is 22.4 Å². The van der Waals surface area contributed by atoms with Crippen molar-refractivity contribution >= 4 is 11.2 Å². The molecule has 4 rings (SSSR count). The average Bonchev–Trinajstić information content (AvgIpc) is 2.90. The van der Waals surface area contributed by atoms with Crippen LogP contribution in [0.15, 0.2) is 35.1 Å². The van der Waals surface area contributed by atoms with Gasteiger partial charge in [-0.2, -0.15) is 5.26 Å². The Morgan fingerprint density at radius 3 is 2.52 bits per heavy atom. The average molecular weight is 425 g/mol. The van der Waals surface area contributed by atoms with E-state index in [1.165, 1.54) is 4.57 Å². The summed E-state index contributed by atoms with van der Waals surface area (Å²) in [5, 5.41) is 9.58. The number of rotatable bonds is 4. The molecule has 0 aliphatic carbocycles. The minimum absolute atomic E-state index is 0.0766. The van der Waals surface area contributed by atoms with Gasteiger partial charge in [0.05, 0.1) is 35.9 Å². The molecule has 31 heavy (non-hydrogen) atoms. The molecule has 2 aromatic heterocycles. The molecule has 8 heteroatoms. The molecule has 0 unspecified atom stereocenters. The van der Waals surface area contributed by atoms with Gasteiger partial charge in [0.1, 0.15) is 0 Å². The van der Waals surface area contributed by atoms with Crippen LogP contribution in [0, 0.1) is 16.7 Å². The third kappa shape index (κ3) is 4.10. The van der Waals surface area contributed by atoms with E-state index in [-0.39, 0.29) is 24.2 Å². The number of halogens is 2. The largest absolute Gasteiger partial charge is 0.330 e. The SMILES string of the molecule is Cn1c(=O)n(CC(C)(C)C)c2ccc(-c3cc(CN4CC(F)(F)C4)ccc3C#N)nc21. The topological polar surface area (TPSA) is 66.8 Å². The normalized spacial score (nSPS) is 16.3. The van der Waals surface area contributed by atoms with Crippen molar-refractivity contribution in [3.63, 3.8) is 0 Å². The first-order chi connectivity index (χ1) is 14.5. The Balaban J connectivity index is 1.74. The van der Waals surface area contributed by atoms with Crippen molar-refractivity contribution in [1.29, 1.82) is 5.26 Å². The van der Waals surface area contributed by atoms with E-state index in [1.807, 2.05) is 12.1 Å². The number of likely N-dealkylation sites (tertiary alicyclic amines) is 1. The smallest absolute Gasteiger partial charge is 0.290 e. The quantitative estimate of drug-likeness (QED) is 0.638. The van der Waals surface area contributed by atoms with Crippen molar-refractivity contribution in [2.24, 2.45) is 12.5 Å². The highest BCUT2D eigenvalue weighted by Crippen LogP contribution is 2.30. The van der Waals surface area contributed by atoms with Crippen LogP contribution in [0.2, 0.25) is 0 Å². The van der Waals surface area contributed by atoms with Crippen LogP contribution >= 0.6 is 0 Å². The van der Waals surface area contributed by atoms with E-state index in [0.29, 0.717) is 35.6 Å². The lowest BCUT2D eigenvalue weighted by atomic mass is 9.97. The minimum atomic E-state index is -2.62. The first-order valence-corrected chi connectivity index (χ1v) is 10.2. The van der Waals surface area contributed by atoms with Gasteiger partial charge >= 0.3 is 5.69 Å². The second-order valence-electron chi connectivity index (χ2n) is 9.52. The predicted octanol–water partition coefficient (Wildman–Crippen LogP) is 3.77. The third-order valence-electron chi connectivity index (χ3n) is 5.41. The molecule has 3 heterocycles. The third-order valence-corrected chi connectivity index (χ3v) is 5.41. The molecule has 0 saturated carbocycles. The highest BCUT2D eigenvalue weighted by molar-refractivity contribution is 5.78. The molecule has 1 aromatic carbocycles. The fourth-order valence-corrected chi connectivity index (χ4v) is 4.03. The van der Waals surface area contributed by atoms with Crippen molar-refractivity contribution in [2.45, 2.75) is 39.8 Å². The molecule has 0 amide bonds. The molecule has 0 N–H and O–H groups in total. The van der Waals surface area contributed by atoms with Crippen LogP contribution in [-0.4, -0.2) is 38.0 Å². The van der Waals surface area contributed by atoms with Crippen molar-refractivity contribution in [3.8, 4) is 17.3 Å². The van der Waals surface area contributed by atoms with Gasteiger partial charge in [-0.25, -0.2) is 18.6 Å². The number of nitrogens with zero attached hydrogens (tertiary/aromatic N) is 5. The van der Waals surface area contributed by atoms with E-state index in [2.05, 4.69) is 26.8 Å². The van der Waals surface area contributed by atoms with Gasteiger partial charge in [0.2, 0.25) is 0 Å². The molecule has 1 aliphatic rings. The van der Waals surface area contributed by atoms with E-state index in [4.69, 9.17) is 4.98 Å². The number of pyridine rings is 1. The number of aromatic nitrogens is 3. The maximum atomic E-state index is 13.2. The Bertz CT molecular complexity index is 1250. The molecule has 6 nitrogen and oxygen atoms in total. The summed E-state index contributed by atoms with van der Waals surface area (Å²) in [6.45, 7) is 6.64. The van der Waals surface area contributed by atoms with Gasteiger partial charge in [0.25, 0.3) is 5.92 Å². The van der Waals surface area contributed by atoms with Crippen LogP contribution in [0.3, 0.4) is 0 Å². The van der Waals surface area contributed by atoms with E-state index >= 15 is 0 Å². The van der Waals surface area contributed by atoms with Crippen LogP contribution in [-0.2, 0) is 20.1 Å². The lowest BCUT2D eigenvalue weighted by Crippen LogP contribution is -2.55. The first-order valence-electron chi connectivity index (χ1n) is 10.2. The van der Waals surface area contributed by atoms with E-state index in [1.54, 1.807) is 34.7 Å². The van der Waals surface area contributed by atoms with Crippen LogP contribution in [0.1, 0.15) is 31.9 Å². The second-order valence-corrected chi connectivity index (χ2v) is 9.52. The second kappa shape index (κ2) is 7.27. The summed E-state index contributed by atoms with van der Waals surface area (Å²) in [5.41, 5.74) is 3.56. The van der Waals surface area contributed by atoms with Crippen LogP contribution < -0.4 is 5.69 Å². The van der Waals surface area contributed by atoms with Crippen molar-refractivity contribution in [2.75, 3.05) is 13.1 Å². The zero-order valence-electron chi connectivity index (χ0n) is 18.1. The number of benzene rings is 1. The molecule has 0 bridgehead atoms. The Labute approximate surface area is 179 Å². The molecule has 1 fully saturated rings. The Hall–Kier alpha value is -3.05. The summed E-state index contributed by atoms with van der Waals surface area (Å²) in [6, 6.07) is 11.1. The Kier molecular flexibility index (Phi) is 4.97. The standard InChI is InChI=1S/C23H25F2N5O/c1-22(2,3)12-30-19-8-7-18(27-20(19)28(4)21(30)31)17-9-15(5-6-16(17)10-26)11-29-13-23(24,25)14-29/h5-9H,11-14H2,1-4H3. The van der Waals surface area contributed by atoms with Crippen LogP contribution in [0.4, 0.5) is 8.78 Å². The van der Waals surface area contributed by atoms with Gasteiger partial charge in [-0.05, 0) is 35.2 Å². The molecule has 3 aromatic rings. The molecule has 1 aliphatic heterocycles. The molecule has 162 valence electrons. The van der Waals surface area contributed by atoms with Gasteiger partial charge < -0.3 is 0 Å². The van der Waals surface area contributed by atoms with Crippen LogP contribution in [0.5, 0.6) is 0 Å². The number of fused-ring (bicyclic) bond motifs is 1. The fraction of sp³-hybridized carbons (Fsp3) is 0.435.